The first-order valence-corrected chi connectivity index (χ1v) is 11.6. The summed E-state index contributed by atoms with van der Waals surface area (Å²) in [4.78, 5) is 13.5. The van der Waals surface area contributed by atoms with Crippen molar-refractivity contribution in [3.8, 4) is 0 Å². The number of nitrogens with two attached hydrogens (primary N) is 1. The van der Waals surface area contributed by atoms with E-state index in [-0.39, 0.29) is 0 Å². The Morgan fingerprint density at radius 3 is 2.83 bits per heavy atom. The highest BCUT2D eigenvalue weighted by Crippen LogP contribution is 2.32. The minimum absolute atomic E-state index is 0.329. The zero-order chi connectivity index (χ0) is 24.9. The first kappa shape index (κ1) is 24.2. The molecule has 0 saturated heterocycles. The summed E-state index contributed by atoms with van der Waals surface area (Å²) in [6, 6.07) is 12.2. The molecule has 5 nitrogen and oxygen atoms in total. The molecule has 0 aliphatic carbocycles. The third kappa shape index (κ3) is 5.44. The van der Waals surface area contributed by atoms with Crippen molar-refractivity contribution in [1.29, 1.82) is 5.41 Å². The van der Waals surface area contributed by atoms with Gasteiger partial charge in [-0.1, -0.05) is 31.2 Å². The van der Waals surface area contributed by atoms with Gasteiger partial charge in [-0.3, -0.25) is 9.98 Å². The van der Waals surface area contributed by atoms with Gasteiger partial charge in [0.2, 0.25) is 0 Å². The van der Waals surface area contributed by atoms with Crippen LogP contribution in [-0.2, 0) is 0 Å². The van der Waals surface area contributed by atoms with E-state index >= 15 is 0 Å². The van der Waals surface area contributed by atoms with E-state index in [9.17, 15) is 4.39 Å². The van der Waals surface area contributed by atoms with E-state index in [1.54, 1.807) is 18.5 Å². The summed E-state index contributed by atoms with van der Waals surface area (Å²) in [6.45, 7) is 6.44. The van der Waals surface area contributed by atoms with Crippen LogP contribution in [0.5, 0.6) is 0 Å². The summed E-state index contributed by atoms with van der Waals surface area (Å²) in [5.41, 5.74) is 11.9. The predicted molar refractivity (Wildman–Crippen MR) is 145 cm³/mol. The average molecular weight is 486 g/mol. The summed E-state index contributed by atoms with van der Waals surface area (Å²) in [5, 5.41) is 9.07. The molecule has 0 spiro atoms. The number of aliphatic imine (C=N–C) groups is 2. The van der Waals surface area contributed by atoms with Gasteiger partial charge in [-0.25, -0.2) is 9.38 Å². The third-order valence-corrected chi connectivity index (χ3v) is 5.95. The number of pyridine rings is 1. The Balaban J connectivity index is 1.66. The molecule has 1 aromatic heterocycles. The van der Waals surface area contributed by atoms with Crippen LogP contribution in [0.15, 0.2) is 83.2 Å². The highest BCUT2D eigenvalue weighted by atomic mass is 35.5. The number of hydrogen-bond donors (Lipinski definition) is 2. The molecule has 35 heavy (non-hydrogen) atoms. The van der Waals surface area contributed by atoms with Crippen molar-refractivity contribution in [2.75, 3.05) is 6.54 Å². The van der Waals surface area contributed by atoms with Gasteiger partial charge in [-0.15, -0.1) is 0 Å². The van der Waals surface area contributed by atoms with Crippen molar-refractivity contribution >= 4 is 51.3 Å². The molecule has 3 aromatic rings. The van der Waals surface area contributed by atoms with Crippen molar-refractivity contribution in [1.82, 2.24) is 4.98 Å². The molecule has 3 N–H and O–H groups in total. The quantitative estimate of drug-likeness (QED) is 0.351. The highest BCUT2D eigenvalue weighted by molar-refractivity contribution is 6.36. The van der Waals surface area contributed by atoms with Gasteiger partial charge in [0.25, 0.3) is 0 Å². The lowest BCUT2D eigenvalue weighted by Gasteiger charge is -2.11. The number of aromatic nitrogens is 1. The molecule has 1 aliphatic rings. The van der Waals surface area contributed by atoms with Gasteiger partial charge in [-0.05, 0) is 54.5 Å². The topological polar surface area (TPSA) is 87.5 Å². The van der Waals surface area contributed by atoms with Crippen LogP contribution < -0.4 is 5.73 Å². The molecule has 0 unspecified atom stereocenters. The first-order valence-electron chi connectivity index (χ1n) is 11.2. The lowest BCUT2D eigenvalue weighted by molar-refractivity contribution is 0.625. The summed E-state index contributed by atoms with van der Waals surface area (Å²) in [7, 11) is 0. The largest absolute Gasteiger partial charge is 0.404 e. The standard InChI is InChI=1S/C28H25ClFN5/c1-3-23(32)8-9-33-15-21(14-31)20-12-19-11-18(4-7-27(19)34-16-20)24-10-17(2)35-28(24)25-13-22(29)5-6-26(25)30/h4-7,10-16,32H,2-3,8-9,31H2,1H3. The number of hydrogen-bond acceptors (Lipinski definition) is 5. The Labute approximate surface area is 208 Å². The van der Waals surface area contributed by atoms with E-state index in [1.807, 2.05) is 37.3 Å². The second-order valence-electron chi connectivity index (χ2n) is 8.13. The lowest BCUT2D eigenvalue weighted by atomic mass is 9.95. The molecule has 0 saturated carbocycles. The number of halogens is 2. The van der Waals surface area contributed by atoms with Crippen LogP contribution in [0.2, 0.25) is 5.02 Å². The number of nitrogens with one attached hydrogen (secondary N) is 1. The van der Waals surface area contributed by atoms with Crippen LogP contribution in [0, 0.1) is 11.2 Å². The minimum Gasteiger partial charge on any atom is -0.404 e. The van der Waals surface area contributed by atoms with Crippen molar-refractivity contribution < 1.29 is 4.39 Å². The minimum atomic E-state index is -0.399. The fraction of sp³-hybridized carbons (Fsp3) is 0.143. The maximum Gasteiger partial charge on any atom is 0.132 e. The van der Waals surface area contributed by atoms with Gasteiger partial charge in [-0.2, -0.15) is 0 Å². The van der Waals surface area contributed by atoms with E-state index in [2.05, 4.69) is 21.5 Å². The van der Waals surface area contributed by atoms with Crippen molar-refractivity contribution in [2.45, 2.75) is 19.8 Å². The van der Waals surface area contributed by atoms with Crippen molar-refractivity contribution in [2.24, 2.45) is 15.7 Å². The Bertz CT molecular complexity index is 1450. The van der Waals surface area contributed by atoms with Crippen molar-refractivity contribution in [3.05, 3.63) is 101 Å². The maximum atomic E-state index is 14.6. The molecular weight excluding hydrogens is 461 g/mol. The number of fused-ring (bicyclic) bond motifs is 1. The van der Waals surface area contributed by atoms with Crippen molar-refractivity contribution in [3.63, 3.8) is 0 Å². The molecule has 2 aromatic carbocycles. The average Bonchev–Trinajstić information content (AvgIpc) is 3.26. The second-order valence-corrected chi connectivity index (χ2v) is 8.57. The molecule has 0 fully saturated rings. The number of allylic oxidation sites excluding steroid dienone is 3. The smallest absolute Gasteiger partial charge is 0.132 e. The number of nitrogens with zero attached hydrogens (tertiary/aromatic N) is 3. The highest BCUT2D eigenvalue weighted by Gasteiger charge is 2.21. The normalized spacial score (nSPS) is 14.0. The van der Waals surface area contributed by atoms with Crippen LogP contribution in [0.1, 0.15) is 36.5 Å². The number of benzene rings is 2. The number of rotatable bonds is 8. The summed E-state index contributed by atoms with van der Waals surface area (Å²) in [5.74, 6) is -0.399. The SMILES string of the molecule is C=C1C=C(c2ccc3ncc(C(C=NCCC(=N)CC)=CN)cc3c2)C(c2cc(Cl)ccc2F)=N1. The van der Waals surface area contributed by atoms with E-state index < -0.39 is 5.82 Å². The maximum absolute atomic E-state index is 14.6. The molecule has 4 rings (SSSR count). The first-order chi connectivity index (χ1) is 16.9. The Kier molecular flexibility index (Phi) is 7.32. The van der Waals surface area contributed by atoms with E-state index in [1.165, 1.54) is 18.3 Å². The lowest BCUT2D eigenvalue weighted by Crippen LogP contribution is -2.05. The van der Waals surface area contributed by atoms with E-state index in [4.69, 9.17) is 22.7 Å². The molecule has 0 atom stereocenters. The molecule has 0 radical (unpaired) electrons. The molecule has 1 aliphatic heterocycles. The molecule has 7 heteroatoms. The van der Waals surface area contributed by atoms with Gasteiger partial charge in [0.1, 0.15) is 5.82 Å². The Morgan fingerprint density at radius 1 is 1.23 bits per heavy atom. The van der Waals surface area contributed by atoms with Crippen LogP contribution in [0.4, 0.5) is 4.39 Å². The zero-order valence-corrected chi connectivity index (χ0v) is 20.1. The predicted octanol–water partition coefficient (Wildman–Crippen LogP) is 6.62. The van der Waals surface area contributed by atoms with Gasteiger partial charge in [0.05, 0.1) is 16.9 Å². The van der Waals surface area contributed by atoms with Gasteiger partial charge in [0, 0.05) is 70.0 Å². The third-order valence-electron chi connectivity index (χ3n) is 5.71. The summed E-state index contributed by atoms with van der Waals surface area (Å²) in [6.07, 6.45) is 8.16. The molecule has 176 valence electrons. The fourth-order valence-corrected chi connectivity index (χ4v) is 3.96. The van der Waals surface area contributed by atoms with Crippen LogP contribution >= 0.6 is 11.6 Å². The molecule has 0 amide bonds. The van der Waals surface area contributed by atoms with Gasteiger partial charge in [0.15, 0.2) is 0 Å². The van der Waals surface area contributed by atoms with Crippen LogP contribution in [0.25, 0.3) is 22.0 Å². The second kappa shape index (κ2) is 10.6. The summed E-state index contributed by atoms with van der Waals surface area (Å²) >= 11 is 6.12. The van der Waals surface area contributed by atoms with E-state index in [0.29, 0.717) is 40.7 Å². The fourth-order valence-electron chi connectivity index (χ4n) is 3.79. The van der Waals surface area contributed by atoms with Crippen LogP contribution in [0.3, 0.4) is 0 Å². The van der Waals surface area contributed by atoms with Gasteiger partial charge < -0.3 is 11.1 Å². The summed E-state index contributed by atoms with van der Waals surface area (Å²) < 4.78 is 14.6. The Hall–Kier alpha value is -3.90. The monoisotopic (exact) mass is 485 g/mol. The molecular formula is C28H25ClFN5. The van der Waals surface area contributed by atoms with E-state index in [0.717, 1.165) is 39.6 Å². The molecule has 2 heterocycles. The zero-order valence-electron chi connectivity index (χ0n) is 19.4. The van der Waals surface area contributed by atoms with Crippen LogP contribution in [-0.4, -0.2) is 29.2 Å². The Morgan fingerprint density at radius 2 is 2.06 bits per heavy atom. The molecule has 0 bridgehead atoms. The van der Waals surface area contributed by atoms with Gasteiger partial charge >= 0.3 is 0 Å².